The van der Waals surface area contributed by atoms with Crippen molar-refractivity contribution >= 4 is 61.4 Å². The first-order valence-corrected chi connectivity index (χ1v) is 8.16. The maximum absolute atomic E-state index is 12.5. The van der Waals surface area contributed by atoms with E-state index in [2.05, 4.69) is 33.0 Å². The van der Waals surface area contributed by atoms with Gasteiger partial charge in [0.2, 0.25) is 0 Å². The molecule has 3 aromatic rings. The number of amides is 1. The van der Waals surface area contributed by atoms with Crippen LogP contribution in [0.1, 0.15) is 15.4 Å². The van der Waals surface area contributed by atoms with Crippen LogP contribution in [0.3, 0.4) is 0 Å². The molecule has 1 amide bonds. The van der Waals surface area contributed by atoms with Gasteiger partial charge in [-0.1, -0.05) is 12.1 Å². The van der Waals surface area contributed by atoms with Gasteiger partial charge in [-0.3, -0.25) is 9.48 Å². The Kier molecular flexibility index (Phi) is 3.62. The van der Waals surface area contributed by atoms with Crippen molar-refractivity contribution in [3.8, 4) is 0 Å². The summed E-state index contributed by atoms with van der Waals surface area (Å²) >= 11 is 3.55. The molecule has 0 aliphatic rings. The number of para-hydroxylation sites is 1. The molecule has 2 aromatic heterocycles. The number of nitrogens with two attached hydrogens (primary N) is 1. The molecule has 21 heavy (non-hydrogen) atoms. The number of nitrogens with one attached hydrogen (secondary N) is 1. The van der Waals surface area contributed by atoms with E-state index in [1.807, 2.05) is 38.2 Å². The molecule has 0 saturated carbocycles. The van der Waals surface area contributed by atoms with Crippen molar-refractivity contribution < 1.29 is 4.79 Å². The van der Waals surface area contributed by atoms with E-state index in [1.165, 1.54) is 11.3 Å². The first-order chi connectivity index (χ1) is 9.99. The molecule has 0 spiro atoms. The topological polar surface area (TPSA) is 72.9 Å². The summed E-state index contributed by atoms with van der Waals surface area (Å²) in [7, 11) is 1.85. The van der Waals surface area contributed by atoms with Gasteiger partial charge in [0.1, 0.15) is 9.71 Å². The average Bonchev–Trinajstić information content (AvgIpc) is 2.92. The number of anilines is 2. The molecular weight excluding hydrogens is 399 g/mol. The third-order valence-corrected chi connectivity index (χ3v) is 5.42. The van der Waals surface area contributed by atoms with Crippen molar-refractivity contribution in [2.24, 2.45) is 7.05 Å². The van der Waals surface area contributed by atoms with Crippen LogP contribution in [0.5, 0.6) is 0 Å². The van der Waals surface area contributed by atoms with Gasteiger partial charge in [-0.15, -0.1) is 11.3 Å². The fourth-order valence-corrected chi connectivity index (χ4v) is 3.84. The molecule has 108 valence electrons. The number of thiophene rings is 1. The maximum atomic E-state index is 12.5. The molecule has 3 N–H and O–H groups in total. The molecule has 3 rings (SSSR count). The van der Waals surface area contributed by atoms with Gasteiger partial charge >= 0.3 is 0 Å². The lowest BCUT2D eigenvalue weighted by molar-refractivity contribution is 0.103. The van der Waals surface area contributed by atoms with Crippen molar-refractivity contribution in [3.63, 3.8) is 0 Å². The molecule has 0 unspecified atom stereocenters. The third kappa shape index (κ3) is 2.40. The van der Waals surface area contributed by atoms with E-state index in [4.69, 9.17) is 5.73 Å². The van der Waals surface area contributed by atoms with Gasteiger partial charge in [-0.25, -0.2) is 0 Å². The van der Waals surface area contributed by atoms with Crippen molar-refractivity contribution in [2.75, 3.05) is 11.1 Å². The molecule has 0 radical (unpaired) electrons. The third-order valence-electron chi connectivity index (χ3n) is 3.21. The predicted octanol–water partition coefficient (Wildman–Crippen LogP) is 3.38. The second kappa shape index (κ2) is 5.30. The van der Waals surface area contributed by atoms with Gasteiger partial charge in [0.25, 0.3) is 5.91 Å². The highest BCUT2D eigenvalue weighted by Gasteiger charge is 2.21. The van der Waals surface area contributed by atoms with Crippen LogP contribution in [0.15, 0.2) is 24.3 Å². The number of nitrogen functional groups attached to an aromatic ring is 1. The number of carbonyl (C=O) groups excluding carboxylic acids is 1. The number of aromatic nitrogens is 2. The Labute approximate surface area is 139 Å². The number of aryl methyl sites for hydroxylation is 2. The summed E-state index contributed by atoms with van der Waals surface area (Å²) in [5, 5.41) is 8.11. The summed E-state index contributed by atoms with van der Waals surface area (Å²) in [6.07, 6.45) is 0. The van der Waals surface area contributed by atoms with Crippen molar-refractivity contribution in [1.82, 2.24) is 9.78 Å². The number of hydrogen-bond acceptors (Lipinski definition) is 4. The second-order valence-corrected chi connectivity index (χ2v) is 6.83. The van der Waals surface area contributed by atoms with Crippen LogP contribution >= 0.6 is 33.9 Å². The Bertz CT molecular complexity index is 852. The van der Waals surface area contributed by atoms with Gasteiger partial charge in [-0.2, -0.15) is 5.10 Å². The molecule has 0 fully saturated rings. The minimum Gasteiger partial charge on any atom is -0.397 e. The number of nitrogens with zero attached hydrogens (tertiary/aromatic N) is 2. The molecule has 1 aromatic carbocycles. The first-order valence-electron chi connectivity index (χ1n) is 6.26. The molecule has 2 heterocycles. The van der Waals surface area contributed by atoms with Crippen LogP contribution in [-0.4, -0.2) is 15.7 Å². The molecule has 0 aliphatic heterocycles. The lowest BCUT2D eigenvalue weighted by atomic mass is 10.2. The number of hydrogen-bond donors (Lipinski definition) is 2. The van der Waals surface area contributed by atoms with Crippen LogP contribution in [-0.2, 0) is 7.05 Å². The SMILES string of the molecule is Cc1nn(C)c2sc(C(=O)Nc3ccccc3I)c(N)c12. The predicted molar refractivity (Wildman–Crippen MR) is 94.9 cm³/mol. The molecule has 7 heteroatoms. The number of benzene rings is 1. The average molecular weight is 412 g/mol. The van der Waals surface area contributed by atoms with E-state index in [0.29, 0.717) is 10.6 Å². The van der Waals surface area contributed by atoms with Gasteiger partial charge < -0.3 is 11.1 Å². The number of halogens is 1. The van der Waals surface area contributed by atoms with Gasteiger partial charge in [0, 0.05) is 10.6 Å². The maximum Gasteiger partial charge on any atom is 0.267 e. The number of fused-ring (bicyclic) bond motifs is 1. The molecule has 0 aliphatic carbocycles. The normalized spacial score (nSPS) is 11.0. The Hall–Kier alpha value is -1.61. The summed E-state index contributed by atoms with van der Waals surface area (Å²) < 4.78 is 2.75. The Morgan fingerprint density at radius 2 is 2.14 bits per heavy atom. The monoisotopic (exact) mass is 412 g/mol. The van der Waals surface area contributed by atoms with Crippen LogP contribution < -0.4 is 11.1 Å². The lowest BCUT2D eigenvalue weighted by Crippen LogP contribution is -2.12. The molecule has 5 nitrogen and oxygen atoms in total. The van der Waals surface area contributed by atoms with Crippen molar-refractivity contribution in [2.45, 2.75) is 6.92 Å². The van der Waals surface area contributed by atoms with E-state index in [9.17, 15) is 4.79 Å². The molecule has 0 saturated heterocycles. The number of carbonyl (C=O) groups is 1. The Balaban J connectivity index is 2.01. The minimum absolute atomic E-state index is 0.183. The quantitative estimate of drug-likeness (QED) is 0.634. The lowest BCUT2D eigenvalue weighted by Gasteiger charge is -2.06. The second-order valence-electron chi connectivity index (χ2n) is 4.67. The number of rotatable bonds is 2. The summed E-state index contributed by atoms with van der Waals surface area (Å²) in [6, 6.07) is 7.63. The Morgan fingerprint density at radius 3 is 2.81 bits per heavy atom. The highest BCUT2D eigenvalue weighted by Crippen LogP contribution is 2.36. The zero-order chi connectivity index (χ0) is 15.1. The largest absolute Gasteiger partial charge is 0.397 e. The van der Waals surface area contributed by atoms with Crippen LogP contribution in [0, 0.1) is 10.5 Å². The fraction of sp³-hybridized carbons (Fsp3) is 0.143. The van der Waals surface area contributed by atoms with Crippen LogP contribution in [0.4, 0.5) is 11.4 Å². The zero-order valence-electron chi connectivity index (χ0n) is 11.5. The smallest absolute Gasteiger partial charge is 0.267 e. The molecular formula is C14H13IN4OS. The van der Waals surface area contributed by atoms with Gasteiger partial charge in [0.05, 0.1) is 22.5 Å². The molecule has 0 atom stereocenters. The zero-order valence-corrected chi connectivity index (χ0v) is 14.4. The minimum atomic E-state index is -0.183. The fourth-order valence-electron chi connectivity index (χ4n) is 2.24. The standard InChI is InChI=1S/C14H13IN4OS/c1-7-10-11(16)12(21-14(10)19(2)18-7)13(20)17-9-6-4-3-5-8(9)15/h3-6H,16H2,1-2H3,(H,17,20). The summed E-state index contributed by atoms with van der Waals surface area (Å²) in [5.41, 5.74) is 8.27. The van der Waals surface area contributed by atoms with E-state index in [1.54, 1.807) is 4.68 Å². The van der Waals surface area contributed by atoms with E-state index in [0.717, 1.165) is 25.2 Å². The van der Waals surface area contributed by atoms with Crippen LogP contribution in [0.25, 0.3) is 10.2 Å². The summed E-state index contributed by atoms with van der Waals surface area (Å²) in [6.45, 7) is 1.90. The van der Waals surface area contributed by atoms with E-state index in [-0.39, 0.29) is 5.91 Å². The highest BCUT2D eigenvalue weighted by atomic mass is 127. The Morgan fingerprint density at radius 1 is 1.43 bits per heavy atom. The highest BCUT2D eigenvalue weighted by molar-refractivity contribution is 14.1. The van der Waals surface area contributed by atoms with Crippen molar-refractivity contribution in [1.29, 1.82) is 0 Å². The van der Waals surface area contributed by atoms with Gasteiger partial charge in [-0.05, 0) is 41.6 Å². The van der Waals surface area contributed by atoms with Crippen LogP contribution in [0.2, 0.25) is 0 Å². The first kappa shape index (κ1) is 14.3. The summed E-state index contributed by atoms with van der Waals surface area (Å²) in [4.78, 5) is 13.9. The summed E-state index contributed by atoms with van der Waals surface area (Å²) in [5.74, 6) is -0.183. The molecule has 0 bridgehead atoms. The van der Waals surface area contributed by atoms with E-state index >= 15 is 0 Å². The van der Waals surface area contributed by atoms with Gasteiger partial charge in [0.15, 0.2) is 0 Å². The van der Waals surface area contributed by atoms with E-state index < -0.39 is 0 Å². The van der Waals surface area contributed by atoms with Crippen molar-refractivity contribution in [3.05, 3.63) is 38.4 Å².